The van der Waals surface area contributed by atoms with Gasteiger partial charge in [-0.1, -0.05) is 0 Å². The summed E-state index contributed by atoms with van der Waals surface area (Å²) in [6.45, 7) is 2.34. The van der Waals surface area contributed by atoms with Gasteiger partial charge in [0.1, 0.15) is 23.1 Å². The van der Waals surface area contributed by atoms with Crippen molar-refractivity contribution in [1.29, 1.82) is 0 Å². The number of aliphatic hydroxyl groups is 1. The first-order valence-electron chi connectivity index (χ1n) is 8.64. The fourth-order valence-electron chi connectivity index (χ4n) is 3.21. The number of fused-ring (bicyclic) bond motifs is 1. The van der Waals surface area contributed by atoms with Crippen molar-refractivity contribution in [3.63, 3.8) is 0 Å². The summed E-state index contributed by atoms with van der Waals surface area (Å²) in [6.07, 6.45) is 2.73. The van der Waals surface area contributed by atoms with Crippen LogP contribution in [0.3, 0.4) is 0 Å². The Morgan fingerprint density at radius 1 is 1.15 bits per heavy atom. The second kappa shape index (κ2) is 6.72. The fraction of sp³-hybridized carbons (Fsp3) is 0.238. The maximum absolute atomic E-state index is 14.7. The van der Waals surface area contributed by atoms with Crippen LogP contribution in [0.4, 0.5) is 8.78 Å². The molecule has 134 valence electrons. The lowest BCUT2D eigenvalue weighted by atomic mass is 9.89. The topological polar surface area (TPSA) is 29.5 Å². The van der Waals surface area contributed by atoms with E-state index in [1.807, 2.05) is 6.92 Å². The Morgan fingerprint density at radius 3 is 2.65 bits per heavy atom. The van der Waals surface area contributed by atoms with Crippen molar-refractivity contribution in [3.05, 3.63) is 58.5 Å². The molecule has 5 heteroatoms. The fourth-order valence-corrected chi connectivity index (χ4v) is 4.44. The third-order valence-corrected chi connectivity index (χ3v) is 5.84. The Bertz CT molecular complexity index is 1010. The Balaban J connectivity index is 2.00. The van der Waals surface area contributed by atoms with Crippen molar-refractivity contribution in [3.8, 4) is 16.9 Å². The Hall–Kier alpha value is -2.40. The standard InChI is InChI=1S/C21H18F2O2S/c1-2-25-14-7-9-17(23)16(11-14)19-15-8-6-13(22)10-18(15)26-21(19)20(24)12-4-3-5-12/h6-11,24H,2-5H2,1H3. The molecule has 0 aliphatic heterocycles. The average Bonchev–Trinajstić information content (AvgIpc) is 2.93. The number of benzene rings is 2. The van der Waals surface area contributed by atoms with Gasteiger partial charge in [0, 0.05) is 21.2 Å². The first kappa shape index (κ1) is 17.0. The van der Waals surface area contributed by atoms with Crippen molar-refractivity contribution < 1.29 is 18.6 Å². The zero-order valence-corrected chi connectivity index (χ0v) is 15.1. The summed E-state index contributed by atoms with van der Waals surface area (Å²) in [6, 6.07) is 9.03. The number of thiophene rings is 1. The van der Waals surface area contributed by atoms with E-state index in [4.69, 9.17) is 4.74 Å². The molecular weight excluding hydrogens is 354 g/mol. The van der Waals surface area contributed by atoms with Gasteiger partial charge in [0.2, 0.25) is 0 Å². The second-order valence-corrected chi connectivity index (χ2v) is 7.38. The summed E-state index contributed by atoms with van der Waals surface area (Å²) < 4.78 is 34.6. The molecular formula is C21H18F2O2S. The zero-order valence-electron chi connectivity index (χ0n) is 14.3. The number of allylic oxidation sites excluding steroid dienone is 1. The van der Waals surface area contributed by atoms with Crippen LogP contribution >= 0.6 is 11.3 Å². The molecule has 3 aromatic rings. The number of halogens is 2. The highest BCUT2D eigenvalue weighted by atomic mass is 32.1. The highest BCUT2D eigenvalue weighted by Gasteiger charge is 2.24. The molecule has 26 heavy (non-hydrogen) atoms. The van der Waals surface area contributed by atoms with Crippen LogP contribution in [-0.4, -0.2) is 11.7 Å². The predicted molar refractivity (Wildman–Crippen MR) is 102 cm³/mol. The molecule has 1 aromatic heterocycles. The van der Waals surface area contributed by atoms with E-state index in [9.17, 15) is 13.9 Å². The average molecular weight is 372 g/mol. The molecule has 1 fully saturated rings. The Morgan fingerprint density at radius 2 is 1.96 bits per heavy atom. The van der Waals surface area contributed by atoms with Crippen molar-refractivity contribution >= 4 is 27.2 Å². The number of hydrogen-bond acceptors (Lipinski definition) is 3. The van der Waals surface area contributed by atoms with Gasteiger partial charge in [0.25, 0.3) is 0 Å². The SMILES string of the molecule is CCOc1ccc(F)c(-c2c(C(O)=C3CCC3)sc3cc(F)ccc23)c1. The van der Waals surface area contributed by atoms with Gasteiger partial charge in [0.05, 0.1) is 11.5 Å². The summed E-state index contributed by atoms with van der Waals surface area (Å²) in [4.78, 5) is 0.591. The van der Waals surface area contributed by atoms with E-state index < -0.39 is 5.82 Å². The molecule has 0 bridgehead atoms. The first-order chi connectivity index (χ1) is 12.6. The maximum Gasteiger partial charge on any atom is 0.132 e. The summed E-state index contributed by atoms with van der Waals surface area (Å²) in [5, 5.41) is 11.5. The molecule has 0 radical (unpaired) electrons. The van der Waals surface area contributed by atoms with E-state index >= 15 is 0 Å². The first-order valence-corrected chi connectivity index (χ1v) is 9.46. The van der Waals surface area contributed by atoms with Crippen LogP contribution in [0.2, 0.25) is 0 Å². The summed E-state index contributed by atoms with van der Waals surface area (Å²) >= 11 is 1.29. The van der Waals surface area contributed by atoms with Crippen LogP contribution in [0.5, 0.6) is 5.75 Å². The third-order valence-electron chi connectivity index (χ3n) is 4.68. The summed E-state index contributed by atoms with van der Waals surface area (Å²) in [5.41, 5.74) is 1.93. The van der Waals surface area contributed by atoms with E-state index in [0.717, 1.165) is 30.2 Å². The van der Waals surface area contributed by atoms with Crippen LogP contribution < -0.4 is 4.74 Å². The number of aliphatic hydroxyl groups excluding tert-OH is 1. The van der Waals surface area contributed by atoms with Gasteiger partial charge >= 0.3 is 0 Å². The highest BCUT2D eigenvalue weighted by molar-refractivity contribution is 7.20. The molecule has 2 aromatic carbocycles. The molecule has 1 aliphatic carbocycles. The Kier molecular flexibility index (Phi) is 4.41. The van der Waals surface area contributed by atoms with E-state index in [-0.39, 0.29) is 11.6 Å². The third kappa shape index (κ3) is 2.86. The maximum atomic E-state index is 14.7. The molecule has 1 saturated carbocycles. The van der Waals surface area contributed by atoms with Gasteiger partial charge in [-0.2, -0.15) is 0 Å². The van der Waals surface area contributed by atoms with Gasteiger partial charge in [0.15, 0.2) is 0 Å². The molecule has 1 N–H and O–H groups in total. The van der Waals surface area contributed by atoms with Crippen LogP contribution in [0.1, 0.15) is 31.1 Å². The van der Waals surface area contributed by atoms with Gasteiger partial charge in [-0.05, 0) is 68.2 Å². The van der Waals surface area contributed by atoms with E-state index in [0.29, 0.717) is 33.1 Å². The minimum Gasteiger partial charge on any atom is -0.506 e. The predicted octanol–water partition coefficient (Wildman–Crippen LogP) is 6.70. The van der Waals surface area contributed by atoms with Crippen molar-refractivity contribution in [2.75, 3.05) is 6.61 Å². The van der Waals surface area contributed by atoms with Gasteiger partial charge in [-0.3, -0.25) is 0 Å². The molecule has 4 rings (SSSR count). The van der Waals surface area contributed by atoms with Crippen LogP contribution in [0.15, 0.2) is 42.0 Å². The van der Waals surface area contributed by atoms with E-state index in [2.05, 4.69) is 0 Å². The van der Waals surface area contributed by atoms with E-state index in [1.165, 1.54) is 29.5 Å². The quantitative estimate of drug-likeness (QED) is 0.517. The van der Waals surface area contributed by atoms with Gasteiger partial charge < -0.3 is 9.84 Å². The number of ether oxygens (including phenoxy) is 1. The largest absolute Gasteiger partial charge is 0.506 e. The second-order valence-electron chi connectivity index (χ2n) is 6.33. The van der Waals surface area contributed by atoms with Crippen LogP contribution in [-0.2, 0) is 0 Å². The minimum absolute atomic E-state index is 0.203. The molecule has 1 heterocycles. The van der Waals surface area contributed by atoms with Crippen molar-refractivity contribution in [2.45, 2.75) is 26.2 Å². The number of hydrogen-bond donors (Lipinski definition) is 1. The lowest BCUT2D eigenvalue weighted by Crippen LogP contribution is -2.01. The zero-order chi connectivity index (χ0) is 18.3. The van der Waals surface area contributed by atoms with Crippen LogP contribution in [0, 0.1) is 11.6 Å². The van der Waals surface area contributed by atoms with Crippen molar-refractivity contribution in [2.24, 2.45) is 0 Å². The highest BCUT2D eigenvalue weighted by Crippen LogP contribution is 2.46. The van der Waals surface area contributed by atoms with Gasteiger partial charge in [-0.25, -0.2) is 8.78 Å². The molecule has 2 nitrogen and oxygen atoms in total. The van der Waals surface area contributed by atoms with Gasteiger partial charge in [-0.15, -0.1) is 11.3 Å². The smallest absolute Gasteiger partial charge is 0.132 e. The molecule has 0 atom stereocenters. The van der Waals surface area contributed by atoms with Crippen molar-refractivity contribution in [1.82, 2.24) is 0 Å². The Labute approximate surface area is 154 Å². The normalized spacial score (nSPS) is 13.7. The molecule has 0 saturated heterocycles. The lowest BCUT2D eigenvalue weighted by Gasteiger charge is -2.19. The van der Waals surface area contributed by atoms with E-state index in [1.54, 1.807) is 18.2 Å². The summed E-state index contributed by atoms with van der Waals surface area (Å²) in [7, 11) is 0. The molecule has 0 amide bonds. The monoisotopic (exact) mass is 372 g/mol. The van der Waals surface area contributed by atoms with Crippen LogP contribution in [0.25, 0.3) is 27.0 Å². The lowest BCUT2D eigenvalue weighted by molar-refractivity contribution is 0.340. The minimum atomic E-state index is -0.398. The molecule has 1 aliphatic rings. The molecule has 0 unspecified atom stereocenters. The molecule has 0 spiro atoms. The number of rotatable bonds is 4. The summed E-state index contributed by atoms with van der Waals surface area (Å²) in [5.74, 6) is 0.0162.